The van der Waals surface area contributed by atoms with Gasteiger partial charge in [0.25, 0.3) is 0 Å². The van der Waals surface area contributed by atoms with Crippen LogP contribution in [0.3, 0.4) is 0 Å². The Balaban J connectivity index is 1.56. The molecule has 7 heteroatoms. The number of aromatic amines is 1. The number of aryl methyl sites for hydroxylation is 1. The molecule has 0 aliphatic heterocycles. The maximum Gasteiger partial charge on any atom is 0.243 e. The normalized spacial score (nSPS) is 10.3. The molecule has 0 spiro atoms. The van der Waals surface area contributed by atoms with Crippen molar-refractivity contribution in [2.24, 2.45) is 0 Å². The molecule has 0 atom stereocenters. The second-order valence-corrected chi connectivity index (χ2v) is 5.01. The Kier molecular flexibility index (Phi) is 4.28. The van der Waals surface area contributed by atoms with Crippen molar-refractivity contribution in [1.82, 2.24) is 20.2 Å². The standard InChI is InChI=1S/C16H16N6O/c1-11-3-2-4-13(9-11)19-14(23)10-18-16-20-15(21-22-16)12-5-7-17-8-6-12/h2-9H,10H2,1H3,(H,19,23)(H2,18,20,21,22). The van der Waals surface area contributed by atoms with Crippen LogP contribution in [0.4, 0.5) is 11.6 Å². The number of amides is 1. The summed E-state index contributed by atoms with van der Waals surface area (Å²) in [6.45, 7) is 2.06. The molecule has 23 heavy (non-hydrogen) atoms. The number of H-pyrrole nitrogens is 1. The predicted octanol–water partition coefficient (Wildman–Crippen LogP) is 2.23. The van der Waals surface area contributed by atoms with E-state index in [0.717, 1.165) is 16.8 Å². The Morgan fingerprint density at radius 1 is 1.22 bits per heavy atom. The van der Waals surface area contributed by atoms with Crippen LogP contribution in [-0.2, 0) is 4.79 Å². The Hall–Kier alpha value is -3.22. The summed E-state index contributed by atoms with van der Waals surface area (Å²) >= 11 is 0. The van der Waals surface area contributed by atoms with Gasteiger partial charge in [-0.15, -0.1) is 5.10 Å². The molecule has 0 fully saturated rings. The van der Waals surface area contributed by atoms with Crippen LogP contribution in [0, 0.1) is 6.92 Å². The Bertz CT molecular complexity index is 799. The summed E-state index contributed by atoms with van der Waals surface area (Å²) < 4.78 is 0. The minimum absolute atomic E-state index is 0.0849. The average molecular weight is 308 g/mol. The van der Waals surface area contributed by atoms with Crippen LogP contribution in [0.25, 0.3) is 11.4 Å². The second kappa shape index (κ2) is 6.69. The van der Waals surface area contributed by atoms with Crippen molar-refractivity contribution in [2.45, 2.75) is 6.92 Å². The Morgan fingerprint density at radius 3 is 2.83 bits per heavy atom. The van der Waals surface area contributed by atoms with Crippen LogP contribution in [0.1, 0.15) is 5.56 Å². The van der Waals surface area contributed by atoms with E-state index < -0.39 is 0 Å². The molecule has 1 aromatic carbocycles. The summed E-state index contributed by atoms with van der Waals surface area (Å²) in [5.74, 6) is 0.830. The summed E-state index contributed by atoms with van der Waals surface area (Å²) in [5.41, 5.74) is 2.74. The number of carbonyl (C=O) groups excluding carboxylic acids is 1. The first-order chi connectivity index (χ1) is 11.2. The molecule has 0 aliphatic carbocycles. The molecular weight excluding hydrogens is 292 g/mol. The third-order valence-electron chi connectivity index (χ3n) is 3.15. The fourth-order valence-electron chi connectivity index (χ4n) is 2.07. The average Bonchev–Trinajstić information content (AvgIpc) is 3.03. The molecule has 2 aromatic heterocycles. The van der Waals surface area contributed by atoms with Gasteiger partial charge in [-0.1, -0.05) is 12.1 Å². The summed E-state index contributed by atoms with van der Waals surface area (Å²) in [5, 5.41) is 12.6. The zero-order chi connectivity index (χ0) is 16.1. The Labute approximate surface area is 133 Å². The van der Waals surface area contributed by atoms with Gasteiger partial charge < -0.3 is 10.6 Å². The molecule has 3 N–H and O–H groups in total. The van der Waals surface area contributed by atoms with Gasteiger partial charge in [-0.3, -0.25) is 14.9 Å². The van der Waals surface area contributed by atoms with Gasteiger partial charge in [0.05, 0.1) is 6.54 Å². The van der Waals surface area contributed by atoms with Gasteiger partial charge in [0.1, 0.15) is 0 Å². The molecule has 2 heterocycles. The number of nitrogens with one attached hydrogen (secondary N) is 3. The highest BCUT2D eigenvalue weighted by atomic mass is 16.1. The van der Waals surface area contributed by atoms with Crippen LogP contribution >= 0.6 is 0 Å². The lowest BCUT2D eigenvalue weighted by molar-refractivity contribution is -0.114. The van der Waals surface area contributed by atoms with Gasteiger partial charge >= 0.3 is 0 Å². The number of hydrogen-bond acceptors (Lipinski definition) is 5. The van der Waals surface area contributed by atoms with E-state index in [1.54, 1.807) is 12.4 Å². The lowest BCUT2D eigenvalue weighted by atomic mass is 10.2. The molecule has 0 radical (unpaired) electrons. The molecule has 0 saturated heterocycles. The largest absolute Gasteiger partial charge is 0.344 e. The summed E-state index contributed by atoms with van der Waals surface area (Å²) in [7, 11) is 0. The smallest absolute Gasteiger partial charge is 0.243 e. The SMILES string of the molecule is Cc1cccc(NC(=O)CNc2n[nH]c(-c3ccncc3)n2)c1. The lowest BCUT2D eigenvalue weighted by Crippen LogP contribution is -2.22. The highest BCUT2D eigenvalue weighted by Gasteiger charge is 2.07. The monoisotopic (exact) mass is 308 g/mol. The van der Waals surface area contributed by atoms with Gasteiger partial charge in [0, 0.05) is 23.6 Å². The van der Waals surface area contributed by atoms with E-state index >= 15 is 0 Å². The molecule has 7 nitrogen and oxygen atoms in total. The van der Waals surface area contributed by atoms with E-state index in [0.29, 0.717) is 11.8 Å². The first-order valence-corrected chi connectivity index (χ1v) is 7.14. The van der Waals surface area contributed by atoms with Crippen molar-refractivity contribution in [1.29, 1.82) is 0 Å². The van der Waals surface area contributed by atoms with E-state index in [1.165, 1.54) is 0 Å². The Morgan fingerprint density at radius 2 is 2.04 bits per heavy atom. The molecule has 0 bridgehead atoms. The van der Waals surface area contributed by atoms with Gasteiger partial charge in [-0.05, 0) is 36.8 Å². The number of pyridine rings is 1. The number of nitrogens with zero attached hydrogens (tertiary/aromatic N) is 3. The quantitative estimate of drug-likeness (QED) is 0.671. The number of aromatic nitrogens is 4. The van der Waals surface area contributed by atoms with Crippen molar-refractivity contribution < 1.29 is 4.79 Å². The van der Waals surface area contributed by atoms with E-state index in [2.05, 4.69) is 30.8 Å². The van der Waals surface area contributed by atoms with Gasteiger partial charge in [0.2, 0.25) is 11.9 Å². The van der Waals surface area contributed by atoms with Gasteiger partial charge in [0.15, 0.2) is 5.82 Å². The summed E-state index contributed by atoms with van der Waals surface area (Å²) in [6.07, 6.45) is 3.36. The third kappa shape index (κ3) is 3.91. The zero-order valence-corrected chi connectivity index (χ0v) is 12.6. The van der Waals surface area contributed by atoms with Crippen LogP contribution in [0.15, 0.2) is 48.8 Å². The molecule has 0 unspecified atom stereocenters. The van der Waals surface area contributed by atoms with Crippen molar-refractivity contribution in [3.63, 3.8) is 0 Å². The molecular formula is C16H16N6O. The second-order valence-electron chi connectivity index (χ2n) is 5.01. The number of benzene rings is 1. The minimum atomic E-state index is -0.161. The molecule has 3 rings (SSSR count). The van der Waals surface area contributed by atoms with Crippen LogP contribution in [0.2, 0.25) is 0 Å². The number of rotatable bonds is 5. The molecule has 116 valence electrons. The van der Waals surface area contributed by atoms with Crippen LogP contribution < -0.4 is 10.6 Å². The predicted molar refractivity (Wildman–Crippen MR) is 87.9 cm³/mol. The van der Waals surface area contributed by atoms with E-state index in [-0.39, 0.29) is 12.5 Å². The molecule has 0 aliphatic rings. The highest BCUT2D eigenvalue weighted by Crippen LogP contribution is 2.14. The van der Waals surface area contributed by atoms with Crippen LogP contribution in [-0.4, -0.2) is 32.6 Å². The van der Waals surface area contributed by atoms with E-state index in [1.807, 2.05) is 43.3 Å². The molecule has 1 amide bonds. The highest BCUT2D eigenvalue weighted by molar-refractivity contribution is 5.93. The maximum atomic E-state index is 11.9. The first kappa shape index (κ1) is 14.7. The van der Waals surface area contributed by atoms with Crippen LogP contribution in [0.5, 0.6) is 0 Å². The van der Waals surface area contributed by atoms with Crippen molar-refractivity contribution >= 4 is 17.5 Å². The number of hydrogen-bond donors (Lipinski definition) is 3. The third-order valence-corrected chi connectivity index (χ3v) is 3.15. The fourth-order valence-corrected chi connectivity index (χ4v) is 2.07. The van der Waals surface area contributed by atoms with Crippen molar-refractivity contribution in [3.8, 4) is 11.4 Å². The molecule has 3 aromatic rings. The first-order valence-electron chi connectivity index (χ1n) is 7.14. The zero-order valence-electron chi connectivity index (χ0n) is 12.6. The fraction of sp³-hybridized carbons (Fsp3) is 0.125. The number of carbonyl (C=O) groups is 1. The van der Waals surface area contributed by atoms with E-state index in [4.69, 9.17) is 0 Å². The minimum Gasteiger partial charge on any atom is -0.344 e. The van der Waals surface area contributed by atoms with Gasteiger partial charge in [-0.25, -0.2) is 0 Å². The van der Waals surface area contributed by atoms with Crippen molar-refractivity contribution in [3.05, 3.63) is 54.4 Å². The summed E-state index contributed by atoms with van der Waals surface area (Å²) in [6, 6.07) is 11.3. The van der Waals surface area contributed by atoms with Crippen molar-refractivity contribution in [2.75, 3.05) is 17.2 Å². The van der Waals surface area contributed by atoms with E-state index in [9.17, 15) is 4.79 Å². The maximum absolute atomic E-state index is 11.9. The lowest BCUT2D eigenvalue weighted by Gasteiger charge is -2.06. The summed E-state index contributed by atoms with van der Waals surface area (Å²) in [4.78, 5) is 20.2. The molecule has 0 saturated carbocycles. The van der Waals surface area contributed by atoms with Gasteiger partial charge in [-0.2, -0.15) is 4.98 Å². The number of anilines is 2. The topological polar surface area (TPSA) is 95.6 Å².